The first kappa shape index (κ1) is 19.5. The van der Waals surface area contributed by atoms with Crippen LogP contribution in [0.1, 0.15) is 38.2 Å². The number of nitrogens with zero attached hydrogens (tertiary/aromatic N) is 2. The molecular weight excluding hydrogens is 394 g/mol. The molecule has 2 aliphatic carbocycles. The van der Waals surface area contributed by atoms with Crippen LogP contribution in [0.5, 0.6) is 5.88 Å². The van der Waals surface area contributed by atoms with Crippen LogP contribution in [-0.4, -0.2) is 28.5 Å². The topological polar surface area (TPSA) is 64.1 Å². The summed E-state index contributed by atoms with van der Waals surface area (Å²) in [5, 5.41) is 6.12. The molecule has 0 aliphatic heterocycles. The number of aromatic nitrogens is 2. The summed E-state index contributed by atoms with van der Waals surface area (Å²) in [6.07, 6.45) is 6.81. The molecule has 30 heavy (non-hydrogen) atoms. The van der Waals surface area contributed by atoms with Crippen molar-refractivity contribution in [3.05, 3.63) is 41.5 Å². The first-order valence-corrected chi connectivity index (χ1v) is 11.7. The molecule has 6 heteroatoms. The van der Waals surface area contributed by atoms with E-state index in [1.807, 2.05) is 0 Å². The maximum atomic E-state index is 12.6. The van der Waals surface area contributed by atoms with E-state index in [9.17, 15) is 4.79 Å². The predicted molar refractivity (Wildman–Crippen MR) is 120 cm³/mol. The molecule has 4 atom stereocenters. The van der Waals surface area contributed by atoms with Gasteiger partial charge in [0.15, 0.2) is 6.61 Å². The minimum atomic E-state index is -0.0795. The van der Waals surface area contributed by atoms with Gasteiger partial charge in [0.2, 0.25) is 5.88 Å². The molecule has 2 saturated carbocycles. The van der Waals surface area contributed by atoms with Gasteiger partial charge in [-0.05, 0) is 56.4 Å². The third-order valence-corrected chi connectivity index (χ3v) is 7.75. The molecule has 0 radical (unpaired) electrons. The van der Waals surface area contributed by atoms with Crippen molar-refractivity contribution >= 4 is 27.5 Å². The Morgan fingerprint density at radius 1 is 1.23 bits per heavy atom. The van der Waals surface area contributed by atoms with E-state index in [1.165, 1.54) is 37.6 Å². The molecule has 0 unspecified atom stereocenters. The van der Waals surface area contributed by atoms with Gasteiger partial charge in [0.1, 0.15) is 11.2 Å². The van der Waals surface area contributed by atoms with Crippen molar-refractivity contribution in [3.8, 4) is 17.0 Å². The van der Waals surface area contributed by atoms with Crippen LogP contribution in [0.4, 0.5) is 0 Å². The van der Waals surface area contributed by atoms with E-state index >= 15 is 0 Å². The predicted octanol–water partition coefficient (Wildman–Crippen LogP) is 4.99. The fraction of sp³-hybridized carbons (Fsp3) is 0.458. The summed E-state index contributed by atoms with van der Waals surface area (Å²) in [5.74, 6) is 2.67. The third-order valence-electron chi connectivity index (χ3n) is 6.86. The van der Waals surface area contributed by atoms with Gasteiger partial charge in [-0.25, -0.2) is 9.97 Å². The fourth-order valence-corrected chi connectivity index (χ4v) is 6.25. The van der Waals surface area contributed by atoms with E-state index in [1.54, 1.807) is 11.3 Å². The summed E-state index contributed by atoms with van der Waals surface area (Å²) in [7, 11) is 0. The number of rotatable bonds is 6. The number of nitrogens with one attached hydrogen (secondary N) is 1. The average Bonchev–Trinajstić information content (AvgIpc) is 3.48. The van der Waals surface area contributed by atoms with Gasteiger partial charge >= 0.3 is 0 Å². The lowest BCUT2D eigenvalue weighted by Gasteiger charge is -2.28. The SMILES string of the molecule is Cc1ccc(-c2csc3ncnc(OCC(=O)N[C@@H](C)[C@H]4C[C@@H]5CC[C@H]4C5)c23)cc1. The van der Waals surface area contributed by atoms with Crippen molar-refractivity contribution in [2.24, 2.45) is 17.8 Å². The number of carbonyl (C=O) groups is 1. The Balaban J connectivity index is 1.29. The molecule has 0 spiro atoms. The minimum Gasteiger partial charge on any atom is -0.467 e. The molecule has 2 aromatic heterocycles. The maximum absolute atomic E-state index is 12.6. The van der Waals surface area contributed by atoms with Gasteiger partial charge in [-0.3, -0.25) is 4.79 Å². The highest BCUT2D eigenvalue weighted by molar-refractivity contribution is 7.17. The molecule has 1 amide bonds. The van der Waals surface area contributed by atoms with Crippen LogP contribution >= 0.6 is 11.3 Å². The van der Waals surface area contributed by atoms with E-state index in [-0.39, 0.29) is 18.6 Å². The number of fused-ring (bicyclic) bond motifs is 3. The highest BCUT2D eigenvalue weighted by atomic mass is 32.1. The lowest BCUT2D eigenvalue weighted by Crippen LogP contribution is -2.42. The number of carbonyl (C=O) groups excluding carboxylic acids is 1. The summed E-state index contributed by atoms with van der Waals surface area (Å²) in [6, 6.07) is 8.57. The number of hydrogen-bond donors (Lipinski definition) is 1. The van der Waals surface area contributed by atoms with Gasteiger partial charge in [-0.1, -0.05) is 36.2 Å². The molecule has 1 aromatic carbocycles. The first-order valence-electron chi connectivity index (χ1n) is 10.8. The fourth-order valence-electron chi connectivity index (χ4n) is 5.35. The van der Waals surface area contributed by atoms with Crippen molar-refractivity contribution in [1.29, 1.82) is 0 Å². The number of benzene rings is 1. The second-order valence-electron chi connectivity index (χ2n) is 8.86. The quantitative estimate of drug-likeness (QED) is 0.609. The zero-order valence-electron chi connectivity index (χ0n) is 17.4. The van der Waals surface area contributed by atoms with Gasteiger partial charge in [-0.15, -0.1) is 11.3 Å². The second-order valence-corrected chi connectivity index (χ2v) is 9.72. The van der Waals surface area contributed by atoms with E-state index in [0.717, 1.165) is 33.2 Å². The maximum Gasteiger partial charge on any atom is 0.258 e. The molecule has 5 rings (SSSR count). The third kappa shape index (κ3) is 3.69. The molecule has 3 aromatic rings. The van der Waals surface area contributed by atoms with Crippen molar-refractivity contribution in [3.63, 3.8) is 0 Å². The van der Waals surface area contributed by atoms with Gasteiger partial charge < -0.3 is 10.1 Å². The Kier molecular flexibility index (Phi) is 5.19. The lowest BCUT2D eigenvalue weighted by atomic mass is 9.84. The molecule has 0 saturated heterocycles. The number of hydrogen-bond acceptors (Lipinski definition) is 5. The van der Waals surface area contributed by atoms with E-state index in [4.69, 9.17) is 4.74 Å². The molecule has 2 bridgehead atoms. The first-order chi connectivity index (χ1) is 14.6. The van der Waals surface area contributed by atoms with Crippen LogP contribution in [0.15, 0.2) is 36.0 Å². The minimum absolute atomic E-state index is 0.0273. The normalized spacial score (nSPS) is 23.6. The molecule has 5 nitrogen and oxygen atoms in total. The van der Waals surface area contributed by atoms with Crippen LogP contribution in [-0.2, 0) is 4.79 Å². The van der Waals surface area contributed by atoms with Crippen molar-refractivity contribution in [1.82, 2.24) is 15.3 Å². The van der Waals surface area contributed by atoms with E-state index < -0.39 is 0 Å². The van der Waals surface area contributed by atoms with Crippen molar-refractivity contribution in [2.45, 2.75) is 45.6 Å². The lowest BCUT2D eigenvalue weighted by molar-refractivity contribution is -0.124. The highest BCUT2D eigenvalue weighted by Crippen LogP contribution is 2.49. The Hall–Kier alpha value is -2.47. The molecule has 1 N–H and O–H groups in total. The van der Waals surface area contributed by atoms with Crippen LogP contribution in [0.3, 0.4) is 0 Å². The molecular formula is C24H27N3O2S. The molecule has 2 heterocycles. The van der Waals surface area contributed by atoms with Gasteiger partial charge in [-0.2, -0.15) is 0 Å². The smallest absolute Gasteiger partial charge is 0.258 e. The largest absolute Gasteiger partial charge is 0.467 e. The Labute approximate surface area is 180 Å². The number of ether oxygens (including phenoxy) is 1. The number of aryl methyl sites for hydroxylation is 1. The molecule has 2 fully saturated rings. The molecule has 2 aliphatic rings. The Morgan fingerprint density at radius 3 is 2.80 bits per heavy atom. The zero-order valence-corrected chi connectivity index (χ0v) is 18.2. The van der Waals surface area contributed by atoms with Crippen LogP contribution < -0.4 is 10.1 Å². The van der Waals surface area contributed by atoms with E-state index in [2.05, 4.69) is 58.8 Å². The van der Waals surface area contributed by atoms with Gasteiger partial charge in [0.25, 0.3) is 5.91 Å². The summed E-state index contributed by atoms with van der Waals surface area (Å²) in [6.45, 7) is 4.18. The number of thiophene rings is 1. The monoisotopic (exact) mass is 421 g/mol. The standard InChI is InChI=1S/C24H27N3O2S/c1-14-3-6-17(7-4-14)20-12-30-24-22(20)23(25-13-26-24)29-11-21(28)27-15(2)19-10-16-5-8-18(19)9-16/h3-4,6-7,12-13,15-16,18-19H,5,8-11H2,1-2H3,(H,27,28)/t15-,16+,18-,19+/m0/s1. The van der Waals surface area contributed by atoms with Crippen LogP contribution in [0.25, 0.3) is 21.3 Å². The average molecular weight is 422 g/mol. The zero-order chi connectivity index (χ0) is 20.7. The van der Waals surface area contributed by atoms with Gasteiger partial charge in [0, 0.05) is 17.0 Å². The second kappa shape index (κ2) is 7.99. The van der Waals surface area contributed by atoms with E-state index in [0.29, 0.717) is 11.8 Å². The van der Waals surface area contributed by atoms with Crippen LogP contribution in [0, 0.1) is 24.7 Å². The highest BCUT2D eigenvalue weighted by Gasteiger charge is 2.42. The summed E-state index contributed by atoms with van der Waals surface area (Å²) >= 11 is 1.56. The molecule has 156 valence electrons. The van der Waals surface area contributed by atoms with Gasteiger partial charge in [0.05, 0.1) is 5.39 Å². The summed E-state index contributed by atoms with van der Waals surface area (Å²) in [4.78, 5) is 22.2. The Morgan fingerprint density at radius 2 is 2.07 bits per heavy atom. The van der Waals surface area contributed by atoms with Crippen molar-refractivity contribution in [2.75, 3.05) is 6.61 Å². The summed E-state index contributed by atoms with van der Waals surface area (Å²) in [5.41, 5.74) is 3.36. The summed E-state index contributed by atoms with van der Waals surface area (Å²) < 4.78 is 5.89. The van der Waals surface area contributed by atoms with Crippen molar-refractivity contribution < 1.29 is 9.53 Å². The van der Waals surface area contributed by atoms with Crippen LogP contribution in [0.2, 0.25) is 0 Å². The number of amides is 1. The Bertz CT molecular complexity index is 1060.